The number of nitrogens with zero attached hydrogens (tertiary/aromatic N) is 3. The van der Waals surface area contributed by atoms with E-state index in [1.165, 1.54) is 63.9 Å². The molecule has 48 heavy (non-hydrogen) atoms. The van der Waals surface area contributed by atoms with E-state index in [1.807, 2.05) is 0 Å². The van der Waals surface area contributed by atoms with Gasteiger partial charge in [0.25, 0.3) is 0 Å². The lowest BCUT2D eigenvalue weighted by Gasteiger charge is -2.16. The van der Waals surface area contributed by atoms with Gasteiger partial charge in [0, 0.05) is 42.6 Å². The molecule has 11 rings (SSSR count). The third-order valence-electron chi connectivity index (χ3n) is 9.98. The number of para-hydroxylation sites is 1. The Bertz CT molecular complexity index is 3120. The molecule has 0 aliphatic carbocycles. The zero-order chi connectivity index (χ0) is 31.3. The normalized spacial score (nSPS) is 12.2. The monoisotopic (exact) mass is 627 g/mol. The molecule has 0 saturated carbocycles. The molecule has 11 aromatic rings. The van der Waals surface area contributed by atoms with Crippen LogP contribution in [0.25, 0.3) is 102 Å². The van der Waals surface area contributed by atoms with Crippen molar-refractivity contribution in [3.8, 4) is 17.2 Å². The molecule has 0 fully saturated rings. The van der Waals surface area contributed by atoms with Crippen LogP contribution in [0.15, 0.2) is 152 Å². The molecule has 0 unspecified atom stereocenters. The zero-order valence-electron chi connectivity index (χ0n) is 25.7. The molecule has 222 valence electrons. The maximum absolute atomic E-state index is 5.49. The van der Waals surface area contributed by atoms with Gasteiger partial charge < -0.3 is 0 Å². The number of hydrogen-bond donors (Lipinski definition) is 0. The van der Waals surface area contributed by atoms with E-state index in [0.717, 1.165) is 32.5 Å². The Morgan fingerprint density at radius 3 is 1.67 bits per heavy atom. The average molecular weight is 628 g/mol. The number of fused-ring (bicyclic) bond motifs is 16. The van der Waals surface area contributed by atoms with Crippen LogP contribution in [-0.4, -0.2) is 14.5 Å². The average Bonchev–Trinajstić information content (AvgIpc) is 3.71. The Balaban J connectivity index is 1.41. The first kappa shape index (κ1) is 26.0. The number of thiophene rings is 1. The molecule has 0 radical (unpaired) electrons. The van der Waals surface area contributed by atoms with Crippen molar-refractivity contribution in [1.29, 1.82) is 0 Å². The summed E-state index contributed by atoms with van der Waals surface area (Å²) in [7, 11) is 0. The van der Waals surface area contributed by atoms with Gasteiger partial charge in [0.1, 0.15) is 4.83 Å². The number of benzene rings is 8. The Kier molecular flexibility index (Phi) is 5.26. The molecule has 8 aromatic carbocycles. The summed E-state index contributed by atoms with van der Waals surface area (Å²) in [6, 6.07) is 54.5. The highest BCUT2D eigenvalue weighted by Crippen LogP contribution is 2.48. The number of aromatic nitrogens is 3. The fourth-order valence-corrected chi connectivity index (χ4v) is 9.13. The van der Waals surface area contributed by atoms with Gasteiger partial charge in [-0.1, -0.05) is 140 Å². The first-order valence-corrected chi connectivity index (χ1v) is 17.1. The maximum atomic E-state index is 5.49. The lowest BCUT2D eigenvalue weighted by Crippen LogP contribution is -2.03. The quantitative estimate of drug-likeness (QED) is 0.179. The molecule has 0 aliphatic heterocycles. The first-order chi connectivity index (χ1) is 23.8. The van der Waals surface area contributed by atoms with Crippen LogP contribution in [0.4, 0.5) is 0 Å². The van der Waals surface area contributed by atoms with Crippen molar-refractivity contribution in [2.45, 2.75) is 0 Å². The molecule has 3 heterocycles. The van der Waals surface area contributed by atoms with Gasteiger partial charge in [0.2, 0.25) is 5.95 Å². The minimum absolute atomic E-state index is 0.689. The van der Waals surface area contributed by atoms with Gasteiger partial charge >= 0.3 is 0 Å². The van der Waals surface area contributed by atoms with Crippen molar-refractivity contribution in [3.63, 3.8) is 0 Å². The van der Waals surface area contributed by atoms with Crippen LogP contribution in [0.1, 0.15) is 0 Å². The van der Waals surface area contributed by atoms with E-state index in [4.69, 9.17) is 9.97 Å². The molecule has 0 saturated heterocycles. The molecule has 0 aliphatic rings. The molecule has 0 bridgehead atoms. The van der Waals surface area contributed by atoms with Crippen molar-refractivity contribution in [2.75, 3.05) is 0 Å². The Morgan fingerprint density at radius 1 is 0.396 bits per heavy atom. The molecule has 0 N–H and O–H groups in total. The fraction of sp³-hybridized carbons (Fsp3) is 0. The van der Waals surface area contributed by atoms with Crippen LogP contribution >= 0.6 is 11.3 Å². The smallest absolute Gasteiger partial charge is 0.236 e. The maximum Gasteiger partial charge on any atom is 0.236 e. The summed E-state index contributed by atoms with van der Waals surface area (Å²) in [6.45, 7) is 0. The molecule has 3 aromatic heterocycles. The predicted molar refractivity (Wildman–Crippen MR) is 205 cm³/mol. The van der Waals surface area contributed by atoms with Crippen LogP contribution in [0.5, 0.6) is 0 Å². The summed E-state index contributed by atoms with van der Waals surface area (Å²) in [5, 5.41) is 14.8. The fourth-order valence-electron chi connectivity index (χ4n) is 8.06. The molecular weight excluding hydrogens is 603 g/mol. The topological polar surface area (TPSA) is 30.7 Å². The van der Waals surface area contributed by atoms with Crippen LogP contribution in [0, 0.1) is 0 Å². The van der Waals surface area contributed by atoms with Gasteiger partial charge in [-0.15, -0.1) is 11.3 Å². The third kappa shape index (κ3) is 3.42. The van der Waals surface area contributed by atoms with E-state index >= 15 is 0 Å². The Morgan fingerprint density at radius 2 is 0.938 bits per heavy atom. The first-order valence-electron chi connectivity index (χ1n) is 16.3. The second-order valence-corrected chi connectivity index (χ2v) is 13.5. The van der Waals surface area contributed by atoms with E-state index in [9.17, 15) is 0 Å². The highest BCUT2D eigenvalue weighted by Gasteiger charge is 2.24. The minimum atomic E-state index is 0.689. The van der Waals surface area contributed by atoms with Crippen LogP contribution in [-0.2, 0) is 0 Å². The SMILES string of the molecule is c1ccc(-c2nc(-n3c4ccccc4c4c5c6ccccc6c6ccccc6c5c5ccccc5c43)nc3sc4ccccc4c23)cc1. The van der Waals surface area contributed by atoms with Gasteiger partial charge in [-0.2, -0.15) is 0 Å². The summed E-state index contributed by atoms with van der Waals surface area (Å²) >= 11 is 1.74. The van der Waals surface area contributed by atoms with Gasteiger partial charge in [-0.25, -0.2) is 9.97 Å². The van der Waals surface area contributed by atoms with Gasteiger partial charge in [-0.3, -0.25) is 4.57 Å². The zero-order valence-corrected chi connectivity index (χ0v) is 26.5. The lowest BCUT2D eigenvalue weighted by molar-refractivity contribution is 1.02. The van der Waals surface area contributed by atoms with E-state index in [1.54, 1.807) is 11.3 Å². The summed E-state index contributed by atoms with van der Waals surface area (Å²) in [5.41, 5.74) is 4.28. The van der Waals surface area contributed by atoms with Gasteiger partial charge in [0.05, 0.1) is 16.7 Å². The van der Waals surface area contributed by atoms with Crippen molar-refractivity contribution in [3.05, 3.63) is 152 Å². The van der Waals surface area contributed by atoms with E-state index in [0.29, 0.717) is 5.95 Å². The third-order valence-corrected chi connectivity index (χ3v) is 11.0. The molecule has 3 nitrogen and oxygen atoms in total. The molecular formula is C44H25N3S. The summed E-state index contributed by atoms with van der Waals surface area (Å²) in [4.78, 5) is 11.9. The van der Waals surface area contributed by atoms with Crippen molar-refractivity contribution in [1.82, 2.24) is 14.5 Å². The van der Waals surface area contributed by atoms with Gasteiger partial charge in [0.15, 0.2) is 0 Å². The van der Waals surface area contributed by atoms with Crippen LogP contribution in [0.3, 0.4) is 0 Å². The van der Waals surface area contributed by atoms with Crippen molar-refractivity contribution < 1.29 is 0 Å². The van der Waals surface area contributed by atoms with Crippen LogP contribution in [0.2, 0.25) is 0 Å². The second-order valence-electron chi connectivity index (χ2n) is 12.5. The Labute approximate surface area is 278 Å². The molecule has 4 heteroatoms. The lowest BCUT2D eigenvalue weighted by atomic mass is 9.88. The highest BCUT2D eigenvalue weighted by atomic mass is 32.1. The summed E-state index contributed by atoms with van der Waals surface area (Å²) in [6.07, 6.45) is 0. The minimum Gasteiger partial charge on any atom is -0.277 e. The van der Waals surface area contributed by atoms with Crippen molar-refractivity contribution >= 4 is 96.5 Å². The predicted octanol–water partition coefficient (Wildman–Crippen LogP) is 12.2. The Hall–Kier alpha value is -6.10. The standard InChI is InChI=1S/C44H25N3S/c1-2-14-26(15-3-1)41-40-34-23-11-13-25-36(34)48-43(40)46-44(45-41)47-35-24-12-10-22-33(35)39-38-30-19-7-5-17-28(30)27-16-4-6-18-29(27)37(38)31-20-8-9-21-32(31)42(39)47/h1-25H. The largest absolute Gasteiger partial charge is 0.277 e. The number of rotatable bonds is 2. The van der Waals surface area contributed by atoms with E-state index in [-0.39, 0.29) is 0 Å². The van der Waals surface area contributed by atoms with Crippen molar-refractivity contribution in [2.24, 2.45) is 0 Å². The second kappa shape index (κ2) is 9.71. The molecule has 0 spiro atoms. The molecule has 0 amide bonds. The van der Waals surface area contributed by atoms with E-state index < -0.39 is 0 Å². The summed E-state index contributed by atoms with van der Waals surface area (Å²) in [5.74, 6) is 0.689. The number of hydrogen-bond acceptors (Lipinski definition) is 3. The van der Waals surface area contributed by atoms with Crippen LogP contribution < -0.4 is 0 Å². The molecule has 0 atom stereocenters. The highest BCUT2D eigenvalue weighted by molar-refractivity contribution is 7.25. The van der Waals surface area contributed by atoms with E-state index in [2.05, 4.69) is 156 Å². The summed E-state index contributed by atoms with van der Waals surface area (Å²) < 4.78 is 3.54. The van der Waals surface area contributed by atoms with Gasteiger partial charge in [-0.05, 0) is 44.5 Å².